The third kappa shape index (κ3) is 5.93. The van der Waals surface area contributed by atoms with Crippen molar-refractivity contribution < 1.29 is 17.9 Å². The Bertz CT molecular complexity index is 1020. The Labute approximate surface area is 197 Å². The van der Waals surface area contributed by atoms with Crippen molar-refractivity contribution in [3.8, 4) is 5.75 Å². The van der Waals surface area contributed by atoms with Crippen LogP contribution in [0.2, 0.25) is 0 Å². The van der Waals surface area contributed by atoms with Gasteiger partial charge in [0, 0.05) is 18.6 Å². The zero-order valence-corrected chi connectivity index (χ0v) is 20.5. The number of carbonyl (C=O) groups is 1. The van der Waals surface area contributed by atoms with E-state index in [0.717, 1.165) is 41.3 Å². The molecule has 8 nitrogen and oxygen atoms in total. The number of methoxy groups -OCH3 is 1. The van der Waals surface area contributed by atoms with Gasteiger partial charge in [-0.3, -0.25) is 4.79 Å². The number of ether oxygens (including phenoxy) is 1. The van der Waals surface area contributed by atoms with Crippen molar-refractivity contribution in [2.45, 2.75) is 55.1 Å². The number of amides is 1. The molecule has 2 fully saturated rings. The van der Waals surface area contributed by atoms with Crippen molar-refractivity contribution in [1.82, 2.24) is 15.1 Å². The molecule has 1 atom stereocenters. The van der Waals surface area contributed by atoms with Crippen LogP contribution in [0.1, 0.15) is 37.7 Å². The van der Waals surface area contributed by atoms with E-state index in [1.165, 1.54) is 23.1 Å². The lowest BCUT2D eigenvalue weighted by molar-refractivity contribution is -0.132. The van der Waals surface area contributed by atoms with Crippen LogP contribution in [0.15, 0.2) is 28.6 Å². The van der Waals surface area contributed by atoms with Gasteiger partial charge in [0.25, 0.3) is 0 Å². The van der Waals surface area contributed by atoms with Gasteiger partial charge in [-0.1, -0.05) is 48.1 Å². The summed E-state index contributed by atoms with van der Waals surface area (Å²) in [5.74, 6) is 1.35. The number of anilines is 1. The van der Waals surface area contributed by atoms with E-state index in [1.54, 1.807) is 7.11 Å². The highest BCUT2D eigenvalue weighted by Gasteiger charge is 2.38. The van der Waals surface area contributed by atoms with Gasteiger partial charge in [-0.15, -0.1) is 10.2 Å². The molecule has 4 rings (SSSR count). The maximum absolute atomic E-state index is 13.1. The Balaban J connectivity index is 1.31. The lowest BCUT2D eigenvalue weighted by Crippen LogP contribution is -2.47. The molecule has 11 heteroatoms. The molecular weight excluding hydrogens is 468 g/mol. The molecule has 1 saturated heterocycles. The normalized spacial score (nSPS) is 20.3. The van der Waals surface area contributed by atoms with Crippen LogP contribution in [-0.2, 0) is 21.2 Å². The molecule has 0 radical (unpaired) electrons. The first kappa shape index (κ1) is 23.3. The fourth-order valence-electron chi connectivity index (χ4n) is 4.34. The van der Waals surface area contributed by atoms with Crippen molar-refractivity contribution in [2.75, 3.05) is 29.7 Å². The molecule has 2 aromatic rings. The molecular formula is C21H28N4O4S3. The number of aromatic nitrogens is 2. The summed E-state index contributed by atoms with van der Waals surface area (Å²) >= 11 is 2.79. The summed E-state index contributed by atoms with van der Waals surface area (Å²) in [6.07, 6.45) is 4.67. The van der Waals surface area contributed by atoms with E-state index in [-0.39, 0.29) is 35.2 Å². The van der Waals surface area contributed by atoms with E-state index in [1.807, 2.05) is 29.2 Å². The first-order chi connectivity index (χ1) is 15.4. The third-order valence-corrected chi connectivity index (χ3v) is 9.69. The molecule has 1 aromatic heterocycles. The van der Waals surface area contributed by atoms with E-state index in [9.17, 15) is 13.2 Å². The van der Waals surface area contributed by atoms with E-state index in [0.29, 0.717) is 18.1 Å². The van der Waals surface area contributed by atoms with Gasteiger partial charge >= 0.3 is 0 Å². The average molecular weight is 497 g/mol. The van der Waals surface area contributed by atoms with E-state index >= 15 is 0 Å². The molecule has 2 aliphatic rings. The van der Waals surface area contributed by atoms with Gasteiger partial charge in [-0.25, -0.2) is 8.42 Å². The molecule has 1 saturated carbocycles. The average Bonchev–Trinajstić information content (AvgIpc) is 3.53. The lowest BCUT2D eigenvalue weighted by Gasteiger charge is -2.34. The summed E-state index contributed by atoms with van der Waals surface area (Å²) in [6, 6.07) is 7.78. The highest BCUT2D eigenvalue weighted by molar-refractivity contribution is 8.01. The van der Waals surface area contributed by atoms with Crippen molar-refractivity contribution >= 4 is 44.0 Å². The van der Waals surface area contributed by atoms with E-state index in [4.69, 9.17) is 4.74 Å². The van der Waals surface area contributed by atoms with Crippen molar-refractivity contribution in [1.29, 1.82) is 0 Å². The smallest absolute Gasteiger partial charge is 0.233 e. The SMILES string of the molecule is COc1ccc(CNc2nnc(SCC(=O)N(C3CCCC3)[C@@H]3CCS(=O)(=O)C3)s2)cc1. The number of rotatable bonds is 9. The largest absolute Gasteiger partial charge is 0.497 e. The lowest BCUT2D eigenvalue weighted by atomic mass is 10.1. The van der Waals surface area contributed by atoms with Crippen molar-refractivity contribution in [3.05, 3.63) is 29.8 Å². The predicted molar refractivity (Wildman–Crippen MR) is 127 cm³/mol. The van der Waals surface area contributed by atoms with Crippen LogP contribution < -0.4 is 10.1 Å². The minimum absolute atomic E-state index is 0.00643. The van der Waals surface area contributed by atoms with Crippen LogP contribution in [0.3, 0.4) is 0 Å². The molecule has 1 N–H and O–H groups in total. The molecule has 0 unspecified atom stereocenters. The Morgan fingerprint density at radius 3 is 2.59 bits per heavy atom. The Morgan fingerprint density at radius 2 is 1.94 bits per heavy atom. The Kier molecular flexibility index (Phi) is 7.57. The first-order valence-electron chi connectivity index (χ1n) is 10.8. The fraction of sp³-hybridized carbons (Fsp3) is 0.571. The summed E-state index contributed by atoms with van der Waals surface area (Å²) < 4.78 is 29.9. The number of carbonyl (C=O) groups excluding carboxylic acids is 1. The van der Waals surface area contributed by atoms with Crippen molar-refractivity contribution in [2.24, 2.45) is 0 Å². The highest BCUT2D eigenvalue weighted by atomic mass is 32.2. The third-order valence-electron chi connectivity index (χ3n) is 5.94. The van der Waals surface area contributed by atoms with Crippen molar-refractivity contribution in [3.63, 3.8) is 0 Å². The number of thioether (sulfide) groups is 1. The van der Waals surface area contributed by atoms with Crippen LogP contribution in [0.4, 0.5) is 5.13 Å². The highest BCUT2D eigenvalue weighted by Crippen LogP contribution is 2.31. The topological polar surface area (TPSA) is 101 Å². The van der Waals surface area contributed by atoms with Gasteiger partial charge in [0.2, 0.25) is 11.0 Å². The summed E-state index contributed by atoms with van der Waals surface area (Å²) in [7, 11) is -1.40. The first-order valence-corrected chi connectivity index (χ1v) is 14.4. The molecule has 174 valence electrons. The number of benzene rings is 1. The van der Waals surface area contributed by atoms with E-state index < -0.39 is 9.84 Å². The molecule has 1 aromatic carbocycles. The molecule has 2 heterocycles. The maximum Gasteiger partial charge on any atom is 0.233 e. The summed E-state index contributed by atoms with van der Waals surface area (Å²) in [4.78, 5) is 15.0. The number of hydrogen-bond donors (Lipinski definition) is 1. The molecule has 1 amide bonds. The predicted octanol–water partition coefficient (Wildman–Crippen LogP) is 3.21. The Morgan fingerprint density at radius 1 is 1.19 bits per heavy atom. The van der Waals surface area contributed by atoms with Gasteiger partial charge in [0.05, 0.1) is 24.4 Å². The second kappa shape index (κ2) is 10.4. The Hall–Kier alpha value is -1.85. The standard InChI is InChI=1S/C21H28N4O4S3/c1-29-18-8-6-15(7-9-18)12-22-20-23-24-21(31-20)30-13-19(26)25(16-4-2-3-5-16)17-10-11-32(27,28)14-17/h6-9,16-17H,2-5,10-14H2,1H3,(H,22,23)/t17-/m1/s1. The molecule has 0 bridgehead atoms. The number of hydrogen-bond acceptors (Lipinski definition) is 9. The van der Waals surface area contributed by atoms with Crippen LogP contribution in [0, 0.1) is 0 Å². The summed E-state index contributed by atoms with van der Waals surface area (Å²) in [6.45, 7) is 0.619. The van der Waals surface area contributed by atoms with E-state index in [2.05, 4.69) is 15.5 Å². The second-order valence-electron chi connectivity index (χ2n) is 8.16. The number of sulfone groups is 1. The number of nitrogens with one attached hydrogen (secondary N) is 1. The zero-order chi connectivity index (χ0) is 22.6. The number of nitrogens with zero attached hydrogens (tertiary/aromatic N) is 3. The van der Waals surface area contributed by atoms with Gasteiger partial charge in [-0.05, 0) is 37.0 Å². The van der Waals surface area contributed by atoms with Gasteiger partial charge in [0.1, 0.15) is 5.75 Å². The molecule has 1 aliphatic heterocycles. The van der Waals surface area contributed by atoms with Gasteiger partial charge in [0.15, 0.2) is 14.2 Å². The minimum atomic E-state index is -3.04. The fourth-order valence-corrected chi connectivity index (χ4v) is 7.67. The summed E-state index contributed by atoms with van der Waals surface area (Å²) in [5.41, 5.74) is 1.10. The quantitative estimate of drug-likeness (QED) is 0.528. The molecule has 0 spiro atoms. The van der Waals surface area contributed by atoms with Crippen LogP contribution in [-0.4, -0.2) is 65.9 Å². The monoisotopic (exact) mass is 496 g/mol. The maximum atomic E-state index is 13.1. The molecule has 1 aliphatic carbocycles. The van der Waals surface area contributed by atoms with Crippen LogP contribution in [0.5, 0.6) is 5.75 Å². The summed E-state index contributed by atoms with van der Waals surface area (Å²) in [5, 5.41) is 12.3. The minimum Gasteiger partial charge on any atom is -0.497 e. The van der Waals surface area contributed by atoms with Crippen LogP contribution in [0.25, 0.3) is 0 Å². The second-order valence-corrected chi connectivity index (χ2v) is 12.6. The van der Waals surface area contributed by atoms with Crippen LogP contribution >= 0.6 is 23.1 Å². The molecule has 32 heavy (non-hydrogen) atoms. The van der Waals surface area contributed by atoms with Gasteiger partial charge < -0.3 is 15.0 Å². The zero-order valence-electron chi connectivity index (χ0n) is 18.0. The van der Waals surface area contributed by atoms with Gasteiger partial charge in [-0.2, -0.15) is 0 Å².